The monoisotopic (exact) mass is 223 g/mol. The van der Waals surface area contributed by atoms with Crippen LogP contribution in [0.4, 0.5) is 5.69 Å². The predicted octanol–water partition coefficient (Wildman–Crippen LogP) is 3.57. The highest BCUT2D eigenvalue weighted by atomic mass is 35.5. The van der Waals surface area contributed by atoms with E-state index >= 15 is 0 Å². The molecule has 0 amide bonds. The Morgan fingerprint density at radius 1 is 1.29 bits per heavy atom. The van der Waals surface area contributed by atoms with E-state index < -0.39 is 0 Å². The molecule has 2 N–H and O–H groups in total. The van der Waals surface area contributed by atoms with Crippen LogP contribution in [0.3, 0.4) is 0 Å². The second-order valence-corrected chi connectivity index (χ2v) is 4.52. The van der Waals surface area contributed by atoms with Gasteiger partial charge in [0.2, 0.25) is 0 Å². The van der Waals surface area contributed by atoms with Crippen LogP contribution in [0.5, 0.6) is 0 Å². The van der Waals surface area contributed by atoms with Gasteiger partial charge >= 0.3 is 0 Å². The fourth-order valence-electron chi connectivity index (χ4n) is 1.32. The van der Waals surface area contributed by atoms with E-state index in [0.717, 1.165) is 22.7 Å². The second-order valence-electron chi connectivity index (χ2n) is 3.11. The van der Waals surface area contributed by atoms with Gasteiger partial charge < -0.3 is 5.73 Å². The molecule has 72 valence electrons. The van der Waals surface area contributed by atoms with Gasteiger partial charge in [0.25, 0.3) is 0 Å². The van der Waals surface area contributed by atoms with Crippen LogP contribution >= 0.6 is 22.9 Å². The lowest BCUT2D eigenvalue weighted by Crippen LogP contribution is -1.85. The molecule has 1 nitrogen and oxygen atoms in total. The van der Waals surface area contributed by atoms with E-state index in [4.69, 9.17) is 17.3 Å². The fourth-order valence-corrected chi connectivity index (χ4v) is 2.32. The topological polar surface area (TPSA) is 26.0 Å². The molecule has 0 saturated carbocycles. The molecule has 3 heteroatoms. The molecule has 0 atom stereocenters. The van der Waals surface area contributed by atoms with Gasteiger partial charge in [-0.25, -0.2) is 0 Å². The Morgan fingerprint density at radius 3 is 2.71 bits per heavy atom. The molecule has 0 unspecified atom stereocenters. The lowest BCUT2D eigenvalue weighted by atomic mass is 10.1. The smallest absolute Gasteiger partial charge is 0.0441 e. The van der Waals surface area contributed by atoms with Crippen molar-refractivity contribution in [2.75, 3.05) is 5.73 Å². The summed E-state index contributed by atoms with van der Waals surface area (Å²) in [4.78, 5) is 1.25. The molecule has 2 rings (SSSR count). The summed E-state index contributed by atoms with van der Waals surface area (Å²) >= 11 is 7.72. The van der Waals surface area contributed by atoms with Crippen molar-refractivity contribution < 1.29 is 0 Å². The number of hydrogen-bond acceptors (Lipinski definition) is 2. The zero-order valence-corrected chi connectivity index (χ0v) is 9.11. The number of hydrogen-bond donors (Lipinski definition) is 1. The molecule has 0 bridgehead atoms. The van der Waals surface area contributed by atoms with Gasteiger partial charge in [-0.05, 0) is 17.7 Å². The molecule has 0 saturated heterocycles. The SMILES string of the molecule is Nc1csc(Cc2ccccc2Cl)c1. The van der Waals surface area contributed by atoms with E-state index in [9.17, 15) is 0 Å². The average Bonchev–Trinajstić information content (AvgIpc) is 2.56. The van der Waals surface area contributed by atoms with Gasteiger partial charge in [-0.3, -0.25) is 0 Å². The molecule has 1 aromatic carbocycles. The first-order valence-corrected chi connectivity index (χ1v) is 5.58. The van der Waals surface area contributed by atoms with Crippen LogP contribution in [0.25, 0.3) is 0 Å². The van der Waals surface area contributed by atoms with Crippen molar-refractivity contribution in [1.82, 2.24) is 0 Å². The van der Waals surface area contributed by atoms with Crippen molar-refractivity contribution in [1.29, 1.82) is 0 Å². The number of benzene rings is 1. The highest BCUT2D eigenvalue weighted by molar-refractivity contribution is 7.10. The van der Waals surface area contributed by atoms with Gasteiger partial charge in [-0.2, -0.15) is 0 Å². The molecular weight excluding hydrogens is 214 g/mol. The maximum Gasteiger partial charge on any atom is 0.0441 e. The fraction of sp³-hybridized carbons (Fsp3) is 0.0909. The molecule has 0 spiro atoms. The van der Waals surface area contributed by atoms with Gasteiger partial charge in [-0.1, -0.05) is 29.8 Å². The molecular formula is C11H10ClNS. The number of halogens is 1. The normalized spacial score (nSPS) is 10.4. The van der Waals surface area contributed by atoms with Crippen molar-refractivity contribution in [2.45, 2.75) is 6.42 Å². The molecule has 0 aliphatic rings. The second kappa shape index (κ2) is 4.03. The maximum absolute atomic E-state index is 6.05. The minimum atomic E-state index is 0.819. The van der Waals surface area contributed by atoms with Crippen LogP contribution in [0, 0.1) is 0 Å². The molecule has 1 aromatic heterocycles. The number of rotatable bonds is 2. The first-order chi connectivity index (χ1) is 6.75. The lowest BCUT2D eigenvalue weighted by Gasteiger charge is -2.00. The zero-order chi connectivity index (χ0) is 9.97. The van der Waals surface area contributed by atoms with E-state index in [-0.39, 0.29) is 0 Å². The average molecular weight is 224 g/mol. The largest absolute Gasteiger partial charge is 0.398 e. The third kappa shape index (κ3) is 2.08. The van der Waals surface area contributed by atoms with Crippen LogP contribution in [-0.4, -0.2) is 0 Å². The van der Waals surface area contributed by atoms with E-state index in [1.807, 2.05) is 35.7 Å². The van der Waals surface area contributed by atoms with E-state index in [2.05, 4.69) is 0 Å². The zero-order valence-electron chi connectivity index (χ0n) is 7.53. The van der Waals surface area contributed by atoms with Gasteiger partial charge in [0, 0.05) is 27.4 Å². The lowest BCUT2D eigenvalue weighted by molar-refractivity contribution is 1.24. The minimum Gasteiger partial charge on any atom is -0.398 e. The standard InChI is InChI=1S/C11H10ClNS/c12-11-4-2-1-3-8(11)5-10-6-9(13)7-14-10/h1-4,6-7H,5,13H2. The van der Waals surface area contributed by atoms with E-state index in [1.165, 1.54) is 4.88 Å². The van der Waals surface area contributed by atoms with Gasteiger partial charge in [0.05, 0.1) is 0 Å². The van der Waals surface area contributed by atoms with Gasteiger partial charge in [0.1, 0.15) is 0 Å². The summed E-state index contributed by atoms with van der Waals surface area (Å²) < 4.78 is 0. The Morgan fingerprint density at radius 2 is 2.07 bits per heavy atom. The summed E-state index contributed by atoms with van der Waals surface area (Å²) in [7, 11) is 0. The third-order valence-electron chi connectivity index (χ3n) is 2.00. The summed E-state index contributed by atoms with van der Waals surface area (Å²) in [5.74, 6) is 0. The maximum atomic E-state index is 6.05. The van der Waals surface area contributed by atoms with Crippen LogP contribution < -0.4 is 5.73 Å². The Kier molecular flexibility index (Phi) is 2.75. The molecule has 0 fully saturated rings. The molecule has 0 aliphatic carbocycles. The molecule has 14 heavy (non-hydrogen) atoms. The van der Waals surface area contributed by atoms with Crippen LogP contribution in [0.15, 0.2) is 35.7 Å². The number of thiophene rings is 1. The van der Waals surface area contributed by atoms with Gasteiger partial charge in [0.15, 0.2) is 0 Å². The van der Waals surface area contributed by atoms with Crippen LogP contribution in [0.1, 0.15) is 10.4 Å². The number of nitrogen functional groups attached to an aromatic ring is 1. The van der Waals surface area contributed by atoms with Crippen molar-refractivity contribution in [2.24, 2.45) is 0 Å². The van der Waals surface area contributed by atoms with Crippen molar-refractivity contribution in [3.8, 4) is 0 Å². The first kappa shape index (κ1) is 9.56. The summed E-state index contributed by atoms with van der Waals surface area (Å²) in [5, 5.41) is 2.77. The minimum absolute atomic E-state index is 0.819. The van der Waals surface area contributed by atoms with Crippen molar-refractivity contribution in [3.05, 3.63) is 51.2 Å². The quantitative estimate of drug-likeness (QED) is 0.828. The van der Waals surface area contributed by atoms with Gasteiger partial charge in [-0.15, -0.1) is 11.3 Å². The Bertz CT molecular complexity index is 436. The Hall–Kier alpha value is -0.990. The van der Waals surface area contributed by atoms with Crippen molar-refractivity contribution in [3.63, 3.8) is 0 Å². The summed E-state index contributed by atoms with van der Waals surface area (Å²) in [6, 6.07) is 9.88. The molecule has 1 heterocycles. The predicted molar refractivity (Wildman–Crippen MR) is 63.0 cm³/mol. The van der Waals surface area contributed by atoms with E-state index in [0.29, 0.717) is 0 Å². The van der Waals surface area contributed by atoms with Crippen LogP contribution in [-0.2, 0) is 6.42 Å². The summed E-state index contributed by atoms with van der Waals surface area (Å²) in [6.07, 6.45) is 0.863. The van der Waals surface area contributed by atoms with E-state index in [1.54, 1.807) is 11.3 Å². The highest BCUT2D eigenvalue weighted by Crippen LogP contribution is 2.23. The molecule has 2 aromatic rings. The van der Waals surface area contributed by atoms with Crippen LogP contribution in [0.2, 0.25) is 5.02 Å². The third-order valence-corrected chi connectivity index (χ3v) is 3.32. The first-order valence-electron chi connectivity index (χ1n) is 4.32. The number of anilines is 1. The molecule has 0 aliphatic heterocycles. The van der Waals surface area contributed by atoms with Crippen molar-refractivity contribution >= 4 is 28.6 Å². The highest BCUT2D eigenvalue weighted by Gasteiger charge is 2.02. The molecule has 0 radical (unpaired) electrons. The Balaban J connectivity index is 2.23. The number of nitrogens with two attached hydrogens (primary N) is 1. The summed E-state index contributed by atoms with van der Waals surface area (Å²) in [6.45, 7) is 0. The Labute approximate surface area is 92.1 Å². The summed E-state index contributed by atoms with van der Waals surface area (Å²) in [5.41, 5.74) is 7.63.